The molecule has 1 atom stereocenters. The molecule has 4 heteroatoms. The molecule has 0 aliphatic heterocycles. The van der Waals surface area contributed by atoms with Gasteiger partial charge in [0.15, 0.2) is 0 Å². The summed E-state index contributed by atoms with van der Waals surface area (Å²) < 4.78 is 13.8. The van der Waals surface area contributed by atoms with Crippen LogP contribution in [0.3, 0.4) is 0 Å². The molecule has 1 unspecified atom stereocenters. The molecule has 3 aromatic rings. The molecule has 1 amide bonds. The van der Waals surface area contributed by atoms with Crippen LogP contribution in [0, 0.1) is 11.2 Å². The van der Waals surface area contributed by atoms with Crippen molar-refractivity contribution >= 4 is 16.8 Å². The molecule has 1 N–H and O–H groups in total. The Morgan fingerprint density at radius 1 is 1.19 bits per heavy atom. The van der Waals surface area contributed by atoms with Crippen molar-refractivity contribution < 1.29 is 9.18 Å². The number of rotatable bonds is 6. The summed E-state index contributed by atoms with van der Waals surface area (Å²) in [5, 5.41) is 3.82. The van der Waals surface area contributed by atoms with Crippen LogP contribution in [0.5, 0.6) is 0 Å². The third-order valence-corrected chi connectivity index (χ3v) is 5.43. The Morgan fingerprint density at radius 2 is 1.96 bits per heavy atom. The molecule has 27 heavy (non-hydrogen) atoms. The van der Waals surface area contributed by atoms with Crippen molar-refractivity contribution in [1.82, 2.24) is 10.3 Å². The van der Waals surface area contributed by atoms with E-state index >= 15 is 0 Å². The van der Waals surface area contributed by atoms with Gasteiger partial charge in [0.05, 0.1) is 5.56 Å². The number of pyridine rings is 1. The molecule has 4 rings (SSSR count). The van der Waals surface area contributed by atoms with Gasteiger partial charge in [-0.05, 0) is 48.8 Å². The van der Waals surface area contributed by atoms with Crippen LogP contribution in [-0.4, -0.2) is 16.9 Å². The second-order valence-corrected chi connectivity index (χ2v) is 7.91. The number of hydrogen-bond acceptors (Lipinski definition) is 2. The highest BCUT2D eigenvalue weighted by Gasteiger charge is 2.39. The van der Waals surface area contributed by atoms with Crippen molar-refractivity contribution in [2.45, 2.75) is 38.6 Å². The lowest BCUT2D eigenvalue weighted by atomic mass is 9.94. The quantitative estimate of drug-likeness (QED) is 0.677. The monoisotopic (exact) mass is 362 g/mol. The third-order valence-electron chi connectivity index (χ3n) is 5.43. The summed E-state index contributed by atoms with van der Waals surface area (Å²) in [5.74, 6) is -0.526. The fraction of sp³-hybridized carbons (Fsp3) is 0.304. The van der Waals surface area contributed by atoms with Gasteiger partial charge in [-0.15, -0.1) is 0 Å². The molecule has 3 nitrogen and oxygen atoms in total. The van der Waals surface area contributed by atoms with Crippen molar-refractivity contribution in [2.75, 3.05) is 0 Å². The first-order valence-corrected chi connectivity index (χ1v) is 9.42. The van der Waals surface area contributed by atoms with Crippen molar-refractivity contribution in [3.05, 3.63) is 77.7 Å². The SMILES string of the molecule is CC1(CC(Cc2ccccc2)NC(=O)c2cnc3c(F)cccc3c2)CC1. The Hall–Kier alpha value is -2.75. The van der Waals surface area contributed by atoms with Crippen LogP contribution in [-0.2, 0) is 6.42 Å². The van der Waals surface area contributed by atoms with E-state index in [4.69, 9.17) is 0 Å². The minimum Gasteiger partial charge on any atom is -0.349 e. The zero-order chi connectivity index (χ0) is 18.9. The predicted octanol–water partition coefficient (Wildman–Crippen LogP) is 4.91. The minimum absolute atomic E-state index is 0.0654. The van der Waals surface area contributed by atoms with Crippen LogP contribution >= 0.6 is 0 Å². The number of nitrogens with zero attached hydrogens (tertiary/aromatic N) is 1. The summed E-state index contributed by atoms with van der Waals surface area (Å²) in [6.45, 7) is 2.28. The zero-order valence-electron chi connectivity index (χ0n) is 15.4. The van der Waals surface area contributed by atoms with Gasteiger partial charge in [-0.1, -0.05) is 49.4 Å². The number of fused-ring (bicyclic) bond motifs is 1. The Bertz CT molecular complexity index is 967. The van der Waals surface area contributed by atoms with Crippen LogP contribution in [0.2, 0.25) is 0 Å². The van der Waals surface area contributed by atoms with Crippen molar-refractivity contribution in [2.24, 2.45) is 5.41 Å². The van der Waals surface area contributed by atoms with Crippen LogP contribution in [0.4, 0.5) is 4.39 Å². The third kappa shape index (κ3) is 4.16. The molecular formula is C23H23FN2O. The molecule has 1 heterocycles. The summed E-state index contributed by atoms with van der Waals surface area (Å²) in [6.07, 6.45) is 5.65. The van der Waals surface area contributed by atoms with E-state index in [1.165, 1.54) is 30.7 Å². The number of nitrogens with one attached hydrogen (secondary N) is 1. The van der Waals surface area contributed by atoms with Crippen LogP contribution in [0.15, 0.2) is 60.8 Å². The maximum atomic E-state index is 13.8. The van der Waals surface area contributed by atoms with Gasteiger partial charge < -0.3 is 5.32 Å². The number of carbonyl (C=O) groups is 1. The lowest BCUT2D eigenvalue weighted by Crippen LogP contribution is -2.38. The lowest BCUT2D eigenvalue weighted by molar-refractivity contribution is 0.0930. The Balaban J connectivity index is 1.53. The number of hydrogen-bond donors (Lipinski definition) is 1. The molecule has 0 bridgehead atoms. The summed E-state index contributed by atoms with van der Waals surface area (Å²) in [6, 6.07) is 16.8. The normalized spacial score (nSPS) is 16.1. The highest BCUT2D eigenvalue weighted by Crippen LogP contribution is 2.49. The highest BCUT2D eigenvalue weighted by molar-refractivity contribution is 5.97. The maximum Gasteiger partial charge on any atom is 0.253 e. The minimum atomic E-state index is -0.372. The fourth-order valence-electron chi connectivity index (χ4n) is 3.60. The standard InChI is InChI=1S/C23H23FN2O/c1-23(10-11-23)14-19(12-16-6-3-2-4-7-16)26-22(27)18-13-17-8-5-9-20(24)21(17)25-15-18/h2-9,13,15,19H,10-12,14H2,1H3,(H,26,27). The van der Waals surface area contributed by atoms with Gasteiger partial charge in [0.2, 0.25) is 0 Å². The van der Waals surface area contributed by atoms with Gasteiger partial charge in [-0.3, -0.25) is 9.78 Å². The van der Waals surface area contributed by atoms with Gasteiger partial charge >= 0.3 is 0 Å². The summed E-state index contributed by atoms with van der Waals surface area (Å²) in [7, 11) is 0. The van der Waals surface area contributed by atoms with Gasteiger partial charge in [0, 0.05) is 17.6 Å². The van der Waals surface area contributed by atoms with E-state index in [2.05, 4.69) is 29.4 Å². The molecule has 2 aromatic carbocycles. The first kappa shape index (κ1) is 17.7. The molecule has 1 saturated carbocycles. The highest BCUT2D eigenvalue weighted by atomic mass is 19.1. The van der Waals surface area contributed by atoms with Gasteiger partial charge in [0.1, 0.15) is 11.3 Å². The Kier molecular flexibility index (Phi) is 4.65. The number of para-hydroxylation sites is 1. The van der Waals surface area contributed by atoms with Gasteiger partial charge in [-0.25, -0.2) is 4.39 Å². The second kappa shape index (κ2) is 7.10. The average Bonchev–Trinajstić information content (AvgIpc) is 3.39. The van der Waals surface area contributed by atoms with Gasteiger partial charge in [-0.2, -0.15) is 0 Å². The molecule has 1 aromatic heterocycles. The van der Waals surface area contributed by atoms with E-state index in [0.717, 1.165) is 12.8 Å². The van der Waals surface area contributed by atoms with E-state index in [1.54, 1.807) is 18.2 Å². The average molecular weight is 362 g/mol. The largest absolute Gasteiger partial charge is 0.349 e. The van der Waals surface area contributed by atoms with Crippen molar-refractivity contribution in [3.8, 4) is 0 Å². The van der Waals surface area contributed by atoms with E-state index in [1.807, 2.05) is 18.2 Å². The number of carbonyl (C=O) groups excluding carboxylic acids is 1. The summed E-state index contributed by atoms with van der Waals surface area (Å²) >= 11 is 0. The number of benzene rings is 2. The molecule has 0 spiro atoms. The van der Waals surface area contributed by atoms with Crippen LogP contribution in [0.1, 0.15) is 42.1 Å². The van der Waals surface area contributed by atoms with Crippen molar-refractivity contribution in [1.29, 1.82) is 0 Å². The van der Waals surface area contributed by atoms with E-state index in [0.29, 0.717) is 21.9 Å². The molecule has 1 aliphatic rings. The molecule has 1 fully saturated rings. The Morgan fingerprint density at radius 3 is 2.70 bits per heavy atom. The van der Waals surface area contributed by atoms with Crippen LogP contribution in [0.25, 0.3) is 10.9 Å². The molecule has 138 valence electrons. The fourth-order valence-corrected chi connectivity index (χ4v) is 3.60. The molecule has 0 radical (unpaired) electrons. The summed E-state index contributed by atoms with van der Waals surface area (Å²) in [5.41, 5.74) is 2.30. The molecule has 1 aliphatic carbocycles. The van der Waals surface area contributed by atoms with E-state index in [9.17, 15) is 9.18 Å². The lowest BCUT2D eigenvalue weighted by Gasteiger charge is -2.22. The second-order valence-electron chi connectivity index (χ2n) is 7.91. The zero-order valence-corrected chi connectivity index (χ0v) is 15.4. The Labute approximate surface area is 158 Å². The van der Waals surface area contributed by atoms with E-state index < -0.39 is 0 Å². The predicted molar refractivity (Wildman–Crippen MR) is 105 cm³/mol. The first-order valence-electron chi connectivity index (χ1n) is 9.42. The van der Waals surface area contributed by atoms with Crippen LogP contribution < -0.4 is 5.32 Å². The maximum absolute atomic E-state index is 13.8. The molecular weight excluding hydrogens is 339 g/mol. The van der Waals surface area contributed by atoms with Gasteiger partial charge in [0.25, 0.3) is 5.91 Å². The van der Waals surface area contributed by atoms with E-state index in [-0.39, 0.29) is 17.8 Å². The topological polar surface area (TPSA) is 42.0 Å². The number of halogens is 1. The van der Waals surface area contributed by atoms with Crippen molar-refractivity contribution in [3.63, 3.8) is 0 Å². The first-order chi connectivity index (χ1) is 13.0. The number of aromatic nitrogens is 1. The smallest absolute Gasteiger partial charge is 0.253 e. The molecule has 0 saturated heterocycles. The number of amides is 1. The summed E-state index contributed by atoms with van der Waals surface area (Å²) in [4.78, 5) is 17.0.